The third-order valence-corrected chi connectivity index (χ3v) is 4.92. The van der Waals surface area contributed by atoms with Gasteiger partial charge in [0.1, 0.15) is 6.10 Å². The molecule has 1 unspecified atom stereocenters. The molecule has 0 saturated carbocycles. The molecular weight excluding hydrogens is 350 g/mol. The van der Waals surface area contributed by atoms with Crippen LogP contribution in [0.25, 0.3) is 0 Å². The molecule has 0 aliphatic carbocycles. The van der Waals surface area contributed by atoms with Crippen molar-refractivity contribution in [3.05, 3.63) is 24.3 Å². The molecule has 0 spiro atoms. The number of hydrogen-bond acceptors (Lipinski definition) is 6. The van der Waals surface area contributed by atoms with Crippen molar-refractivity contribution >= 4 is 17.5 Å². The van der Waals surface area contributed by atoms with E-state index in [4.69, 9.17) is 19.3 Å². The van der Waals surface area contributed by atoms with Gasteiger partial charge in [-0.15, -0.1) is 0 Å². The van der Waals surface area contributed by atoms with Gasteiger partial charge in [0.2, 0.25) is 5.79 Å². The molecule has 2 aliphatic heterocycles. The molecule has 7 nitrogen and oxygen atoms in total. The number of carbonyl (C=O) groups excluding carboxylic acids is 1. The zero-order valence-corrected chi connectivity index (χ0v) is 14.7. The number of ether oxygens (including phenoxy) is 3. The zero-order valence-electron chi connectivity index (χ0n) is 14.7. The standard InChI is InChI=1S/C17H22F2N2O5/c1-24-17(25-2)7-8-20(11-16(17,18)19)12-3-5-13(6-4-12)21-9-14(10-22)26-15(21)23/h3-6,14,22H,7-11H2,1-2H3. The third kappa shape index (κ3) is 3.10. The summed E-state index contributed by atoms with van der Waals surface area (Å²) in [5.41, 5.74) is 1.20. The van der Waals surface area contributed by atoms with Crippen molar-refractivity contribution in [3.8, 4) is 0 Å². The number of aliphatic hydroxyl groups is 1. The second-order valence-electron chi connectivity index (χ2n) is 6.35. The molecule has 2 aliphatic rings. The summed E-state index contributed by atoms with van der Waals surface area (Å²) in [6.07, 6.45) is -1.07. The van der Waals surface area contributed by atoms with Crippen molar-refractivity contribution in [1.82, 2.24) is 0 Å². The van der Waals surface area contributed by atoms with Gasteiger partial charge < -0.3 is 24.2 Å². The van der Waals surface area contributed by atoms with Crippen LogP contribution in [0, 0.1) is 0 Å². The molecule has 1 aromatic rings. The fourth-order valence-electron chi connectivity index (χ4n) is 3.38. The SMILES string of the molecule is COC1(OC)CCN(c2ccc(N3CC(CO)OC3=O)cc2)CC1(F)F. The van der Waals surface area contributed by atoms with Gasteiger partial charge in [0, 0.05) is 38.6 Å². The van der Waals surface area contributed by atoms with E-state index in [0.717, 1.165) is 0 Å². The van der Waals surface area contributed by atoms with Crippen molar-refractivity contribution in [2.75, 3.05) is 50.3 Å². The number of amides is 1. The Balaban J connectivity index is 1.73. The second-order valence-corrected chi connectivity index (χ2v) is 6.35. The van der Waals surface area contributed by atoms with Gasteiger partial charge in [-0.05, 0) is 24.3 Å². The van der Waals surface area contributed by atoms with E-state index in [1.54, 1.807) is 29.2 Å². The second kappa shape index (κ2) is 6.98. The number of aliphatic hydroxyl groups excluding tert-OH is 1. The van der Waals surface area contributed by atoms with Crippen LogP contribution < -0.4 is 9.80 Å². The maximum Gasteiger partial charge on any atom is 0.414 e. The molecule has 2 saturated heterocycles. The number of nitrogens with zero attached hydrogens (tertiary/aromatic N) is 2. The van der Waals surface area contributed by atoms with Crippen molar-refractivity contribution in [1.29, 1.82) is 0 Å². The van der Waals surface area contributed by atoms with Crippen LogP contribution in [0.3, 0.4) is 0 Å². The maximum atomic E-state index is 14.5. The Kier molecular flexibility index (Phi) is 5.05. The van der Waals surface area contributed by atoms with Crippen LogP contribution in [0.2, 0.25) is 0 Å². The van der Waals surface area contributed by atoms with Crippen molar-refractivity contribution in [3.63, 3.8) is 0 Å². The highest BCUT2D eigenvalue weighted by atomic mass is 19.3. The first kappa shape index (κ1) is 18.8. The minimum absolute atomic E-state index is 0.0192. The first-order valence-corrected chi connectivity index (χ1v) is 8.28. The van der Waals surface area contributed by atoms with Gasteiger partial charge in [0.05, 0.1) is 19.7 Å². The Morgan fingerprint density at radius 1 is 1.23 bits per heavy atom. The van der Waals surface area contributed by atoms with Crippen LogP contribution in [0.5, 0.6) is 0 Å². The van der Waals surface area contributed by atoms with Crippen LogP contribution in [-0.4, -0.2) is 69.5 Å². The van der Waals surface area contributed by atoms with Gasteiger partial charge in [-0.25, -0.2) is 4.79 Å². The van der Waals surface area contributed by atoms with Crippen LogP contribution in [-0.2, 0) is 14.2 Å². The molecule has 9 heteroatoms. The van der Waals surface area contributed by atoms with E-state index in [-0.39, 0.29) is 19.6 Å². The van der Waals surface area contributed by atoms with Crippen LogP contribution in [0.4, 0.5) is 25.0 Å². The molecule has 2 heterocycles. The predicted octanol–water partition coefficient (Wildman–Crippen LogP) is 1.84. The van der Waals surface area contributed by atoms with E-state index >= 15 is 0 Å². The number of rotatable bonds is 5. The molecule has 1 aromatic carbocycles. The molecule has 26 heavy (non-hydrogen) atoms. The fraction of sp³-hybridized carbons (Fsp3) is 0.588. The Morgan fingerprint density at radius 2 is 1.85 bits per heavy atom. The maximum absolute atomic E-state index is 14.5. The minimum atomic E-state index is -3.18. The van der Waals surface area contributed by atoms with E-state index in [2.05, 4.69) is 0 Å². The molecule has 0 radical (unpaired) electrons. The number of alkyl halides is 2. The number of carbonyl (C=O) groups is 1. The lowest BCUT2D eigenvalue weighted by Gasteiger charge is -2.45. The Hall–Kier alpha value is -1.97. The van der Waals surface area contributed by atoms with Gasteiger partial charge in [0.25, 0.3) is 0 Å². The molecule has 1 amide bonds. The molecule has 0 aromatic heterocycles. The quantitative estimate of drug-likeness (QED) is 0.796. The average Bonchev–Trinajstić information content (AvgIpc) is 3.02. The van der Waals surface area contributed by atoms with Gasteiger partial charge in [-0.3, -0.25) is 4.90 Å². The molecule has 1 atom stereocenters. The molecule has 0 bridgehead atoms. The molecule has 2 fully saturated rings. The highest BCUT2D eigenvalue weighted by Crippen LogP contribution is 2.41. The summed E-state index contributed by atoms with van der Waals surface area (Å²) in [5.74, 6) is -5.09. The first-order chi connectivity index (χ1) is 12.4. The summed E-state index contributed by atoms with van der Waals surface area (Å²) in [7, 11) is 2.44. The lowest BCUT2D eigenvalue weighted by atomic mass is 9.98. The first-order valence-electron chi connectivity index (χ1n) is 8.28. The number of methoxy groups -OCH3 is 2. The van der Waals surface area contributed by atoms with Crippen molar-refractivity contribution in [2.24, 2.45) is 0 Å². The van der Waals surface area contributed by atoms with Crippen LogP contribution in [0.15, 0.2) is 24.3 Å². The topological polar surface area (TPSA) is 71.5 Å². The highest BCUT2D eigenvalue weighted by molar-refractivity contribution is 5.90. The van der Waals surface area contributed by atoms with Gasteiger partial charge in [-0.1, -0.05) is 0 Å². The number of halogens is 2. The summed E-state index contributed by atoms with van der Waals surface area (Å²) < 4.78 is 44.0. The Morgan fingerprint density at radius 3 is 2.35 bits per heavy atom. The smallest absolute Gasteiger partial charge is 0.414 e. The molecule has 3 rings (SSSR count). The van der Waals surface area contributed by atoms with Gasteiger partial charge in [0.15, 0.2) is 0 Å². The summed E-state index contributed by atoms with van der Waals surface area (Å²) >= 11 is 0. The number of benzene rings is 1. The lowest BCUT2D eigenvalue weighted by molar-refractivity contribution is -0.324. The fourth-order valence-corrected chi connectivity index (χ4v) is 3.38. The van der Waals surface area contributed by atoms with E-state index in [9.17, 15) is 13.6 Å². The van der Waals surface area contributed by atoms with Crippen LogP contribution in [0.1, 0.15) is 6.42 Å². The van der Waals surface area contributed by atoms with E-state index in [1.165, 1.54) is 19.1 Å². The largest absolute Gasteiger partial charge is 0.441 e. The Bertz CT molecular complexity index is 651. The summed E-state index contributed by atoms with van der Waals surface area (Å²) in [6, 6.07) is 6.70. The number of hydrogen-bond donors (Lipinski definition) is 1. The number of cyclic esters (lactones) is 1. The zero-order chi connectivity index (χ0) is 18.9. The molecule has 1 N–H and O–H groups in total. The van der Waals surface area contributed by atoms with Crippen molar-refractivity contribution in [2.45, 2.75) is 24.2 Å². The Labute approximate surface area is 150 Å². The predicted molar refractivity (Wildman–Crippen MR) is 89.7 cm³/mol. The normalized spacial score (nSPS) is 24.7. The van der Waals surface area contributed by atoms with Crippen LogP contribution >= 0.6 is 0 Å². The average molecular weight is 372 g/mol. The van der Waals surface area contributed by atoms with E-state index in [1.807, 2.05) is 0 Å². The van der Waals surface area contributed by atoms with Gasteiger partial charge in [-0.2, -0.15) is 8.78 Å². The summed E-state index contributed by atoms with van der Waals surface area (Å²) in [4.78, 5) is 14.8. The number of anilines is 2. The van der Waals surface area contributed by atoms with E-state index in [0.29, 0.717) is 17.9 Å². The van der Waals surface area contributed by atoms with E-state index < -0.39 is 30.5 Å². The number of piperidine rings is 1. The summed E-state index contributed by atoms with van der Waals surface area (Å²) in [5, 5.41) is 9.09. The van der Waals surface area contributed by atoms with Crippen molar-refractivity contribution < 1.29 is 32.9 Å². The van der Waals surface area contributed by atoms with Gasteiger partial charge >= 0.3 is 12.0 Å². The monoisotopic (exact) mass is 372 g/mol. The minimum Gasteiger partial charge on any atom is -0.441 e. The summed E-state index contributed by atoms with van der Waals surface area (Å²) in [6.45, 7) is -0.189. The third-order valence-electron chi connectivity index (χ3n) is 4.92. The highest BCUT2D eigenvalue weighted by Gasteiger charge is 2.58. The molecular formula is C17H22F2N2O5. The lowest BCUT2D eigenvalue weighted by Crippen LogP contribution is -2.62. The molecule has 144 valence electrons.